The van der Waals surface area contributed by atoms with Gasteiger partial charge in [-0.15, -0.1) is 11.8 Å². The summed E-state index contributed by atoms with van der Waals surface area (Å²) in [4.78, 5) is 13.3. The minimum absolute atomic E-state index is 0.165. The minimum atomic E-state index is -0.590. The lowest BCUT2D eigenvalue weighted by molar-refractivity contribution is -0.148. The Labute approximate surface area is 129 Å². The molecular formula is C15H20ClNO2S. The van der Waals surface area contributed by atoms with Gasteiger partial charge in [0.1, 0.15) is 5.54 Å². The van der Waals surface area contributed by atoms with Crippen LogP contribution in [0.5, 0.6) is 0 Å². The number of rotatable bonds is 7. The first kappa shape index (κ1) is 15.7. The van der Waals surface area contributed by atoms with E-state index in [0.717, 1.165) is 29.3 Å². The van der Waals surface area contributed by atoms with Crippen molar-refractivity contribution in [1.29, 1.82) is 0 Å². The highest BCUT2D eigenvalue weighted by Gasteiger charge is 2.51. The molecule has 0 amide bonds. The maximum Gasteiger partial charge on any atom is 0.327 e. The number of ether oxygens (including phenoxy) is 1. The summed E-state index contributed by atoms with van der Waals surface area (Å²) in [5.74, 6) is 0.841. The van der Waals surface area contributed by atoms with E-state index < -0.39 is 5.54 Å². The third-order valence-electron chi connectivity index (χ3n) is 3.61. The van der Waals surface area contributed by atoms with Crippen LogP contribution in [0.15, 0.2) is 29.2 Å². The van der Waals surface area contributed by atoms with Gasteiger partial charge in [0.15, 0.2) is 0 Å². The fraction of sp³-hybridized carbons (Fsp3) is 0.533. The SMILES string of the molecule is CCNC(CSc1ccccc1Cl)(C(=O)OC)C1CC1. The van der Waals surface area contributed by atoms with Crippen molar-refractivity contribution >= 4 is 29.3 Å². The topological polar surface area (TPSA) is 38.3 Å². The van der Waals surface area contributed by atoms with E-state index in [1.54, 1.807) is 11.8 Å². The lowest BCUT2D eigenvalue weighted by Crippen LogP contribution is -2.56. The molecule has 0 radical (unpaired) electrons. The van der Waals surface area contributed by atoms with Gasteiger partial charge in [-0.3, -0.25) is 4.79 Å². The highest BCUT2D eigenvalue weighted by Crippen LogP contribution is 2.43. The maximum absolute atomic E-state index is 12.3. The Kier molecular flexibility index (Phi) is 5.35. The molecule has 1 fully saturated rings. The monoisotopic (exact) mass is 313 g/mol. The largest absolute Gasteiger partial charge is 0.468 e. The lowest BCUT2D eigenvalue weighted by Gasteiger charge is -2.31. The molecule has 2 rings (SSSR count). The molecular weight excluding hydrogens is 294 g/mol. The van der Waals surface area contributed by atoms with Crippen LogP contribution >= 0.6 is 23.4 Å². The van der Waals surface area contributed by atoms with E-state index in [-0.39, 0.29) is 5.97 Å². The molecule has 1 atom stereocenters. The molecule has 20 heavy (non-hydrogen) atoms. The van der Waals surface area contributed by atoms with Crippen molar-refractivity contribution in [3.8, 4) is 0 Å². The molecule has 1 aliphatic carbocycles. The van der Waals surface area contributed by atoms with Crippen molar-refractivity contribution < 1.29 is 9.53 Å². The molecule has 0 aromatic heterocycles. The molecule has 1 unspecified atom stereocenters. The zero-order valence-corrected chi connectivity index (χ0v) is 13.4. The fourth-order valence-corrected chi connectivity index (χ4v) is 3.96. The molecule has 1 aliphatic rings. The van der Waals surface area contributed by atoms with Gasteiger partial charge in [-0.25, -0.2) is 0 Å². The van der Waals surface area contributed by atoms with Gasteiger partial charge in [0.2, 0.25) is 0 Å². The van der Waals surface area contributed by atoms with Gasteiger partial charge >= 0.3 is 5.97 Å². The zero-order valence-electron chi connectivity index (χ0n) is 11.8. The van der Waals surface area contributed by atoms with Gasteiger partial charge in [0, 0.05) is 10.6 Å². The normalized spacial score (nSPS) is 17.6. The van der Waals surface area contributed by atoms with Crippen LogP contribution in [0.25, 0.3) is 0 Å². The number of likely N-dealkylation sites (N-methyl/N-ethyl adjacent to an activating group) is 1. The van der Waals surface area contributed by atoms with Crippen molar-refractivity contribution in [2.75, 3.05) is 19.4 Å². The number of carbonyl (C=O) groups is 1. The van der Waals surface area contributed by atoms with Crippen molar-refractivity contribution in [2.45, 2.75) is 30.2 Å². The van der Waals surface area contributed by atoms with E-state index in [4.69, 9.17) is 16.3 Å². The Bertz CT molecular complexity index is 479. The number of carbonyl (C=O) groups excluding carboxylic acids is 1. The van der Waals surface area contributed by atoms with Crippen LogP contribution in [0.2, 0.25) is 5.02 Å². The van der Waals surface area contributed by atoms with E-state index >= 15 is 0 Å². The molecule has 5 heteroatoms. The van der Waals surface area contributed by atoms with Crippen LogP contribution in [-0.4, -0.2) is 30.9 Å². The Morgan fingerprint density at radius 1 is 1.50 bits per heavy atom. The fourth-order valence-electron chi connectivity index (χ4n) is 2.44. The Morgan fingerprint density at radius 2 is 2.20 bits per heavy atom. The quantitative estimate of drug-likeness (QED) is 0.619. The Balaban J connectivity index is 2.15. The van der Waals surface area contributed by atoms with Crippen LogP contribution in [0.1, 0.15) is 19.8 Å². The standard InChI is InChI=1S/C15H20ClNO2S/c1-3-17-15(11-8-9-11,14(18)19-2)10-20-13-7-5-4-6-12(13)16/h4-7,11,17H,3,8-10H2,1-2H3. The first-order chi connectivity index (χ1) is 9.64. The number of halogens is 1. The predicted octanol–water partition coefficient (Wildman–Crippen LogP) is 3.36. The molecule has 0 saturated heterocycles. The summed E-state index contributed by atoms with van der Waals surface area (Å²) >= 11 is 7.79. The summed E-state index contributed by atoms with van der Waals surface area (Å²) in [5, 5.41) is 4.09. The van der Waals surface area contributed by atoms with Crippen molar-refractivity contribution in [3.63, 3.8) is 0 Å². The molecule has 3 nitrogen and oxygen atoms in total. The number of thioether (sulfide) groups is 1. The summed E-state index contributed by atoms with van der Waals surface area (Å²) in [7, 11) is 1.46. The van der Waals surface area contributed by atoms with Crippen molar-refractivity contribution in [3.05, 3.63) is 29.3 Å². The average molecular weight is 314 g/mol. The molecule has 0 heterocycles. The summed E-state index contributed by atoms with van der Waals surface area (Å²) in [6, 6.07) is 7.71. The van der Waals surface area contributed by atoms with Crippen molar-refractivity contribution in [1.82, 2.24) is 5.32 Å². The van der Waals surface area contributed by atoms with Gasteiger partial charge in [0.25, 0.3) is 0 Å². The van der Waals surface area contributed by atoms with Crippen molar-refractivity contribution in [2.24, 2.45) is 5.92 Å². The molecule has 1 N–H and O–H groups in total. The van der Waals surface area contributed by atoms with Crippen LogP contribution in [-0.2, 0) is 9.53 Å². The predicted molar refractivity (Wildman–Crippen MR) is 83.3 cm³/mol. The van der Waals surface area contributed by atoms with Crippen LogP contribution in [0.3, 0.4) is 0 Å². The number of hydrogen-bond donors (Lipinski definition) is 1. The van der Waals surface area contributed by atoms with E-state index in [9.17, 15) is 4.79 Å². The molecule has 1 saturated carbocycles. The van der Waals surface area contributed by atoms with E-state index in [1.807, 2.05) is 31.2 Å². The second-order valence-corrected chi connectivity index (χ2v) is 6.41. The van der Waals surface area contributed by atoms with Crippen LogP contribution in [0, 0.1) is 5.92 Å². The van der Waals surface area contributed by atoms with E-state index in [0.29, 0.717) is 11.7 Å². The summed E-state index contributed by atoms with van der Waals surface area (Å²) < 4.78 is 5.04. The third-order valence-corrected chi connectivity index (χ3v) is 5.32. The molecule has 0 aliphatic heterocycles. The zero-order chi connectivity index (χ0) is 14.6. The van der Waals surface area contributed by atoms with Gasteiger partial charge < -0.3 is 10.1 Å². The number of benzene rings is 1. The molecule has 1 aromatic carbocycles. The summed E-state index contributed by atoms with van der Waals surface area (Å²) in [6.45, 7) is 2.76. The highest BCUT2D eigenvalue weighted by molar-refractivity contribution is 7.99. The van der Waals surface area contributed by atoms with Crippen LogP contribution in [0.4, 0.5) is 0 Å². The molecule has 1 aromatic rings. The minimum Gasteiger partial charge on any atom is -0.468 e. The average Bonchev–Trinajstić information content (AvgIpc) is 3.29. The maximum atomic E-state index is 12.3. The van der Waals surface area contributed by atoms with Gasteiger partial charge in [-0.2, -0.15) is 0 Å². The molecule has 0 bridgehead atoms. The second-order valence-electron chi connectivity index (χ2n) is 4.99. The first-order valence-corrected chi connectivity index (χ1v) is 8.21. The number of esters is 1. The number of nitrogens with one attached hydrogen (secondary N) is 1. The number of hydrogen-bond acceptors (Lipinski definition) is 4. The van der Waals surface area contributed by atoms with Gasteiger partial charge in [0.05, 0.1) is 12.1 Å². The number of methoxy groups -OCH3 is 1. The lowest BCUT2D eigenvalue weighted by atomic mass is 9.95. The molecule has 0 spiro atoms. The van der Waals surface area contributed by atoms with Gasteiger partial charge in [-0.05, 0) is 37.4 Å². The first-order valence-electron chi connectivity index (χ1n) is 6.85. The summed E-state index contributed by atoms with van der Waals surface area (Å²) in [6.07, 6.45) is 2.15. The van der Waals surface area contributed by atoms with Crippen LogP contribution < -0.4 is 5.32 Å². The third kappa shape index (κ3) is 3.30. The van der Waals surface area contributed by atoms with Gasteiger partial charge in [-0.1, -0.05) is 30.7 Å². The second kappa shape index (κ2) is 6.83. The smallest absolute Gasteiger partial charge is 0.327 e. The van der Waals surface area contributed by atoms with E-state index in [2.05, 4.69) is 5.32 Å². The van der Waals surface area contributed by atoms with E-state index in [1.165, 1.54) is 7.11 Å². The molecule has 110 valence electrons. The Morgan fingerprint density at radius 3 is 2.75 bits per heavy atom. The Hall–Kier alpha value is -0.710. The summed E-state index contributed by atoms with van der Waals surface area (Å²) in [5.41, 5.74) is -0.590. The highest BCUT2D eigenvalue weighted by atomic mass is 35.5.